The standard InChI is InChI=1S/C29H29FN2O6/c1-18(2)29(16-22(32-38-29)28-21-9-5-4-8-19(21)12-13-31-28)26(34)14-20(23(33)17-30)15-27(35)37-25-11-7-6-10-24(25)36-3/h4-13,18,20H,14-17H2,1-3H3/t20-,29+/m0/s1. The third-order valence-corrected chi connectivity index (χ3v) is 6.83. The minimum absolute atomic E-state index is 0.132. The van der Waals surface area contributed by atoms with Gasteiger partial charge in [-0.25, -0.2) is 4.39 Å². The molecule has 198 valence electrons. The first-order chi connectivity index (χ1) is 18.3. The average Bonchev–Trinajstić information content (AvgIpc) is 3.39. The van der Waals surface area contributed by atoms with Gasteiger partial charge in [-0.15, -0.1) is 0 Å². The van der Waals surface area contributed by atoms with E-state index in [1.54, 1.807) is 24.4 Å². The zero-order valence-electron chi connectivity index (χ0n) is 21.5. The highest BCUT2D eigenvalue weighted by atomic mass is 19.1. The molecule has 0 aliphatic carbocycles. The van der Waals surface area contributed by atoms with Gasteiger partial charge < -0.3 is 14.3 Å². The summed E-state index contributed by atoms with van der Waals surface area (Å²) in [5.41, 5.74) is -0.266. The minimum atomic E-state index is -1.38. The maximum Gasteiger partial charge on any atom is 0.312 e. The predicted molar refractivity (Wildman–Crippen MR) is 139 cm³/mol. The number of esters is 1. The summed E-state index contributed by atoms with van der Waals surface area (Å²) in [7, 11) is 1.43. The number of hydrogen-bond donors (Lipinski definition) is 0. The van der Waals surface area contributed by atoms with Crippen LogP contribution in [0.2, 0.25) is 0 Å². The summed E-state index contributed by atoms with van der Waals surface area (Å²) in [5.74, 6) is -3.13. The van der Waals surface area contributed by atoms with Gasteiger partial charge in [0, 0.05) is 36.3 Å². The van der Waals surface area contributed by atoms with Crippen LogP contribution in [-0.2, 0) is 19.2 Å². The van der Waals surface area contributed by atoms with Gasteiger partial charge in [-0.1, -0.05) is 55.4 Å². The molecule has 0 spiro atoms. The molecule has 8 nitrogen and oxygen atoms in total. The van der Waals surface area contributed by atoms with E-state index in [4.69, 9.17) is 14.3 Å². The Morgan fingerprint density at radius 3 is 2.45 bits per heavy atom. The molecule has 0 bridgehead atoms. The number of carbonyl (C=O) groups excluding carboxylic acids is 3. The Morgan fingerprint density at radius 1 is 1.03 bits per heavy atom. The van der Waals surface area contributed by atoms with E-state index >= 15 is 0 Å². The van der Waals surface area contributed by atoms with Crippen LogP contribution < -0.4 is 9.47 Å². The smallest absolute Gasteiger partial charge is 0.312 e. The number of hydrogen-bond acceptors (Lipinski definition) is 8. The van der Waals surface area contributed by atoms with Crippen LogP contribution in [0.4, 0.5) is 4.39 Å². The molecule has 1 aromatic heterocycles. The Bertz CT molecular complexity index is 1380. The number of nitrogens with zero attached hydrogens (tertiary/aromatic N) is 2. The Kier molecular flexibility index (Phi) is 8.14. The van der Waals surface area contributed by atoms with Crippen LogP contribution in [0.5, 0.6) is 11.5 Å². The second kappa shape index (κ2) is 11.5. The number of pyridine rings is 1. The third kappa shape index (κ3) is 5.41. The molecule has 0 unspecified atom stereocenters. The maximum absolute atomic E-state index is 13.7. The number of fused-ring (bicyclic) bond motifs is 1. The molecule has 1 aliphatic heterocycles. The number of ether oxygens (including phenoxy) is 2. The number of halogens is 1. The van der Waals surface area contributed by atoms with Crippen LogP contribution in [0, 0.1) is 11.8 Å². The number of methoxy groups -OCH3 is 1. The molecule has 38 heavy (non-hydrogen) atoms. The Morgan fingerprint density at radius 2 is 1.74 bits per heavy atom. The lowest BCUT2D eigenvalue weighted by atomic mass is 9.77. The zero-order chi connectivity index (χ0) is 27.3. The van der Waals surface area contributed by atoms with Crippen LogP contribution in [-0.4, -0.2) is 47.6 Å². The van der Waals surface area contributed by atoms with E-state index in [1.165, 1.54) is 13.2 Å². The van der Waals surface area contributed by atoms with Crippen molar-refractivity contribution in [2.24, 2.45) is 17.0 Å². The van der Waals surface area contributed by atoms with Crippen molar-refractivity contribution in [3.63, 3.8) is 0 Å². The van der Waals surface area contributed by atoms with Crippen LogP contribution in [0.25, 0.3) is 10.8 Å². The van der Waals surface area contributed by atoms with Crippen LogP contribution in [0.1, 0.15) is 38.8 Å². The minimum Gasteiger partial charge on any atom is -0.493 e. The Labute approximate surface area is 219 Å². The molecular weight excluding hydrogens is 491 g/mol. The molecular formula is C29H29FN2O6. The van der Waals surface area contributed by atoms with Crippen molar-refractivity contribution in [2.45, 2.75) is 38.7 Å². The lowest BCUT2D eigenvalue weighted by Crippen LogP contribution is -2.45. The van der Waals surface area contributed by atoms with Gasteiger partial charge in [-0.2, -0.15) is 0 Å². The van der Waals surface area contributed by atoms with Crippen molar-refractivity contribution in [1.82, 2.24) is 4.98 Å². The van der Waals surface area contributed by atoms with Crippen LogP contribution in [0.15, 0.2) is 65.9 Å². The molecule has 0 saturated heterocycles. The van der Waals surface area contributed by atoms with E-state index in [0.717, 1.165) is 10.8 Å². The Balaban J connectivity index is 1.52. The van der Waals surface area contributed by atoms with Crippen LogP contribution in [0.3, 0.4) is 0 Å². The first kappa shape index (κ1) is 26.9. The van der Waals surface area contributed by atoms with Crippen molar-refractivity contribution in [3.8, 4) is 11.5 Å². The molecule has 0 N–H and O–H groups in total. The summed E-state index contributed by atoms with van der Waals surface area (Å²) >= 11 is 0. The summed E-state index contributed by atoms with van der Waals surface area (Å²) in [6.45, 7) is 2.32. The van der Waals surface area contributed by atoms with Gasteiger partial charge >= 0.3 is 5.97 Å². The molecule has 0 radical (unpaired) electrons. The van der Waals surface area contributed by atoms with Crippen molar-refractivity contribution >= 4 is 34.0 Å². The number of ketones is 2. The molecule has 1 aliphatic rings. The number of para-hydroxylation sites is 2. The number of alkyl halides is 1. The van der Waals surface area contributed by atoms with Gasteiger partial charge in [-0.05, 0) is 23.6 Å². The molecule has 3 aromatic rings. The van der Waals surface area contributed by atoms with Gasteiger partial charge in [0.25, 0.3) is 0 Å². The topological polar surface area (TPSA) is 104 Å². The molecule has 2 heterocycles. The van der Waals surface area contributed by atoms with Crippen molar-refractivity contribution in [3.05, 3.63) is 66.5 Å². The lowest BCUT2D eigenvalue weighted by molar-refractivity contribution is -0.150. The van der Waals surface area contributed by atoms with Crippen molar-refractivity contribution in [1.29, 1.82) is 0 Å². The summed E-state index contributed by atoms with van der Waals surface area (Å²) in [4.78, 5) is 49.0. The summed E-state index contributed by atoms with van der Waals surface area (Å²) in [6, 6.07) is 16.1. The quantitative estimate of drug-likeness (QED) is 0.262. The normalized spacial score (nSPS) is 17.6. The largest absolute Gasteiger partial charge is 0.493 e. The summed E-state index contributed by atoms with van der Waals surface area (Å²) < 4.78 is 24.0. The van der Waals surface area contributed by atoms with E-state index in [2.05, 4.69) is 10.1 Å². The Hall–Kier alpha value is -4.14. The van der Waals surface area contributed by atoms with Crippen molar-refractivity contribution in [2.75, 3.05) is 13.8 Å². The SMILES string of the molecule is COc1ccccc1OC(=O)C[C@H](CC(=O)[C@]1(C(C)C)CC(c2nccc3ccccc23)=NO1)C(=O)CF. The predicted octanol–water partition coefficient (Wildman–Crippen LogP) is 4.87. The van der Waals surface area contributed by atoms with E-state index in [1.807, 2.05) is 44.2 Å². The first-order valence-electron chi connectivity index (χ1n) is 12.3. The van der Waals surface area contributed by atoms with Gasteiger partial charge in [0.1, 0.15) is 12.4 Å². The number of carbonyl (C=O) groups is 3. The number of oxime groups is 1. The van der Waals surface area contributed by atoms with Gasteiger partial charge in [0.05, 0.1) is 19.2 Å². The van der Waals surface area contributed by atoms with E-state index in [-0.39, 0.29) is 18.1 Å². The monoisotopic (exact) mass is 520 g/mol. The third-order valence-electron chi connectivity index (χ3n) is 6.83. The lowest BCUT2D eigenvalue weighted by Gasteiger charge is -2.30. The second-order valence-corrected chi connectivity index (χ2v) is 9.48. The number of rotatable bonds is 11. The molecule has 0 amide bonds. The van der Waals surface area contributed by atoms with Crippen LogP contribution >= 0.6 is 0 Å². The summed E-state index contributed by atoms with van der Waals surface area (Å²) in [5, 5.41) is 6.07. The molecule has 4 rings (SSSR count). The fraction of sp³-hybridized carbons (Fsp3) is 0.345. The first-order valence-corrected chi connectivity index (χ1v) is 12.3. The van der Waals surface area contributed by atoms with Gasteiger partial charge in [0.2, 0.25) is 5.60 Å². The molecule has 9 heteroatoms. The highest BCUT2D eigenvalue weighted by Crippen LogP contribution is 2.37. The average molecular weight is 521 g/mol. The molecule has 2 aromatic carbocycles. The zero-order valence-corrected chi connectivity index (χ0v) is 21.5. The number of benzene rings is 2. The second-order valence-electron chi connectivity index (χ2n) is 9.48. The summed E-state index contributed by atoms with van der Waals surface area (Å²) in [6.07, 6.45) is 0.931. The van der Waals surface area contributed by atoms with Gasteiger partial charge in [0.15, 0.2) is 23.1 Å². The molecule has 0 fully saturated rings. The highest BCUT2D eigenvalue weighted by molar-refractivity contribution is 6.12. The fourth-order valence-electron chi connectivity index (χ4n) is 4.58. The van der Waals surface area contributed by atoms with E-state index in [9.17, 15) is 18.8 Å². The number of Topliss-reactive ketones (excluding diaryl/α,β-unsaturated/α-hetero) is 2. The molecule has 0 saturated carbocycles. The van der Waals surface area contributed by atoms with E-state index in [0.29, 0.717) is 17.2 Å². The highest BCUT2D eigenvalue weighted by Gasteiger charge is 2.50. The maximum atomic E-state index is 13.7. The van der Waals surface area contributed by atoms with Crippen molar-refractivity contribution < 1.29 is 33.1 Å². The fourth-order valence-corrected chi connectivity index (χ4v) is 4.58. The number of aromatic nitrogens is 1. The van der Waals surface area contributed by atoms with Gasteiger partial charge in [-0.3, -0.25) is 19.4 Å². The van der Waals surface area contributed by atoms with E-state index < -0.39 is 48.6 Å². The molecule has 2 atom stereocenters.